The van der Waals surface area contributed by atoms with Gasteiger partial charge in [0.05, 0.1) is 32.8 Å². The quantitative estimate of drug-likeness (QED) is 0.803. The molecule has 1 saturated carbocycles. The second-order valence-corrected chi connectivity index (χ2v) is 6.97. The van der Waals surface area contributed by atoms with E-state index >= 15 is 0 Å². The van der Waals surface area contributed by atoms with Crippen molar-refractivity contribution in [2.45, 2.75) is 31.3 Å². The summed E-state index contributed by atoms with van der Waals surface area (Å²) in [5.74, 6) is 0.249. The molecule has 2 fully saturated rings. The molecule has 8 nitrogen and oxygen atoms in total. The zero-order valence-corrected chi connectivity index (χ0v) is 15.6. The first-order valence-electron chi connectivity index (χ1n) is 8.99. The van der Waals surface area contributed by atoms with Gasteiger partial charge in [-0.25, -0.2) is 4.98 Å². The summed E-state index contributed by atoms with van der Waals surface area (Å²) >= 11 is 0. The number of fused-ring (bicyclic) bond motifs is 2. The lowest BCUT2D eigenvalue weighted by Crippen LogP contribution is -2.59. The summed E-state index contributed by atoms with van der Waals surface area (Å²) in [6.45, 7) is 1.45. The summed E-state index contributed by atoms with van der Waals surface area (Å²) in [5.41, 5.74) is -0.520. The average Bonchev–Trinajstić information content (AvgIpc) is 2.65. The number of nitrogens with zero attached hydrogens (tertiary/aromatic N) is 3. The van der Waals surface area contributed by atoms with Gasteiger partial charge < -0.3 is 24.2 Å². The van der Waals surface area contributed by atoms with E-state index in [2.05, 4.69) is 9.97 Å². The Morgan fingerprint density at radius 1 is 1.27 bits per heavy atom. The van der Waals surface area contributed by atoms with Gasteiger partial charge in [0.25, 0.3) is 0 Å². The molecule has 2 heterocycles. The van der Waals surface area contributed by atoms with Crippen molar-refractivity contribution in [3.05, 3.63) is 11.8 Å². The zero-order valence-electron chi connectivity index (χ0n) is 15.6. The fraction of sp³-hybridized carbons (Fsp3) is 0.722. The Kier molecular flexibility index (Phi) is 5.62. The first-order valence-corrected chi connectivity index (χ1v) is 8.99. The first-order chi connectivity index (χ1) is 12.5. The third-order valence-corrected chi connectivity index (χ3v) is 5.64. The lowest BCUT2D eigenvalue weighted by molar-refractivity contribution is -0.164. The Bertz CT molecular complexity index is 640. The van der Waals surface area contributed by atoms with Gasteiger partial charge in [0, 0.05) is 38.2 Å². The van der Waals surface area contributed by atoms with E-state index in [4.69, 9.17) is 14.2 Å². The van der Waals surface area contributed by atoms with E-state index < -0.39 is 5.60 Å². The molecule has 0 radical (unpaired) electrons. The van der Waals surface area contributed by atoms with Crippen molar-refractivity contribution < 1.29 is 24.1 Å². The van der Waals surface area contributed by atoms with Crippen LogP contribution < -0.4 is 9.47 Å². The summed E-state index contributed by atoms with van der Waals surface area (Å²) in [6.07, 6.45) is 4.69. The molecule has 1 aromatic heterocycles. The molecule has 0 spiro atoms. The van der Waals surface area contributed by atoms with Crippen LogP contribution in [0.1, 0.15) is 31.2 Å². The number of piperidine rings is 1. The van der Waals surface area contributed by atoms with Crippen LogP contribution in [-0.2, 0) is 15.1 Å². The van der Waals surface area contributed by atoms with Crippen LogP contribution in [0, 0.1) is 11.8 Å². The molecule has 26 heavy (non-hydrogen) atoms. The molecule has 2 aliphatic rings. The average molecular weight is 365 g/mol. The maximum atomic E-state index is 12.4. The van der Waals surface area contributed by atoms with Crippen molar-refractivity contribution in [1.82, 2.24) is 14.9 Å². The summed E-state index contributed by atoms with van der Waals surface area (Å²) in [5, 5.41) is 11.7. The van der Waals surface area contributed by atoms with Crippen LogP contribution in [0.25, 0.3) is 0 Å². The third-order valence-electron chi connectivity index (χ3n) is 5.64. The molecule has 1 N–H and O–H groups in total. The highest BCUT2D eigenvalue weighted by atomic mass is 16.5. The largest absolute Gasteiger partial charge is 0.481 e. The molecule has 1 amide bonds. The van der Waals surface area contributed by atoms with E-state index in [1.54, 1.807) is 13.3 Å². The SMILES string of the molecule is COCCC(=O)N1CC2CCCC(C1)C2(O)c1cnc(OC)nc1OC. The van der Waals surface area contributed by atoms with E-state index in [-0.39, 0.29) is 23.8 Å². The standard InChI is InChI=1S/C18H27N3O5/c1-24-8-7-15(22)21-10-12-5-4-6-13(11-21)18(12,23)14-9-19-17(26-3)20-16(14)25-2/h9,12-13,23H,4-8,10-11H2,1-3H3. The number of hydrogen-bond donors (Lipinski definition) is 1. The fourth-order valence-electron chi connectivity index (χ4n) is 4.32. The molecule has 144 valence electrons. The van der Waals surface area contributed by atoms with Crippen molar-refractivity contribution in [3.63, 3.8) is 0 Å². The maximum absolute atomic E-state index is 12.4. The first kappa shape index (κ1) is 18.8. The second kappa shape index (κ2) is 7.75. The molecule has 1 aliphatic heterocycles. The number of aliphatic hydroxyl groups is 1. The monoisotopic (exact) mass is 365 g/mol. The normalized spacial score (nSPS) is 27.9. The predicted molar refractivity (Wildman–Crippen MR) is 92.9 cm³/mol. The van der Waals surface area contributed by atoms with Gasteiger partial charge in [-0.2, -0.15) is 4.98 Å². The predicted octanol–water partition coefficient (Wildman–Crippen LogP) is 0.976. The highest BCUT2D eigenvalue weighted by Crippen LogP contribution is 2.51. The molecule has 8 heteroatoms. The zero-order chi connectivity index (χ0) is 18.7. The molecule has 0 aromatic carbocycles. The van der Waals surface area contributed by atoms with Gasteiger partial charge in [-0.15, -0.1) is 0 Å². The Labute approximate surface area is 153 Å². The summed E-state index contributed by atoms with van der Waals surface area (Å²) in [6, 6.07) is 0.200. The van der Waals surface area contributed by atoms with Crippen LogP contribution in [0.15, 0.2) is 6.20 Å². The van der Waals surface area contributed by atoms with Crippen LogP contribution >= 0.6 is 0 Å². The highest BCUT2D eigenvalue weighted by molar-refractivity contribution is 5.76. The molecule has 2 atom stereocenters. The van der Waals surface area contributed by atoms with Crippen LogP contribution in [0.2, 0.25) is 0 Å². The second-order valence-electron chi connectivity index (χ2n) is 6.97. The summed E-state index contributed by atoms with van der Waals surface area (Å²) in [4.78, 5) is 22.7. The number of rotatable bonds is 6. The lowest BCUT2D eigenvalue weighted by Gasteiger charge is -2.53. The van der Waals surface area contributed by atoms with E-state index in [0.717, 1.165) is 19.3 Å². The summed E-state index contributed by atoms with van der Waals surface area (Å²) < 4.78 is 15.5. The van der Waals surface area contributed by atoms with Crippen LogP contribution in [0.5, 0.6) is 11.9 Å². The minimum absolute atomic E-state index is 0.0729. The maximum Gasteiger partial charge on any atom is 0.319 e. The van der Waals surface area contributed by atoms with Gasteiger partial charge in [0.15, 0.2) is 0 Å². The number of carbonyl (C=O) groups excluding carboxylic acids is 1. The van der Waals surface area contributed by atoms with E-state index in [9.17, 15) is 9.90 Å². The molecule has 1 saturated heterocycles. The number of methoxy groups -OCH3 is 3. The Morgan fingerprint density at radius 2 is 1.96 bits per heavy atom. The molecule has 2 bridgehead atoms. The molecular formula is C18H27N3O5. The van der Waals surface area contributed by atoms with Crippen molar-refractivity contribution >= 4 is 5.91 Å². The van der Waals surface area contributed by atoms with Gasteiger partial charge in [0.2, 0.25) is 11.8 Å². The van der Waals surface area contributed by atoms with Crippen molar-refractivity contribution in [2.75, 3.05) is 41.0 Å². The fourth-order valence-corrected chi connectivity index (χ4v) is 4.32. The Hall–Kier alpha value is -1.93. The molecular weight excluding hydrogens is 338 g/mol. The van der Waals surface area contributed by atoms with Crippen LogP contribution in [0.3, 0.4) is 0 Å². The van der Waals surface area contributed by atoms with E-state index in [1.807, 2.05) is 4.90 Å². The minimum Gasteiger partial charge on any atom is -0.481 e. The number of aromatic nitrogens is 2. The molecule has 2 unspecified atom stereocenters. The van der Waals surface area contributed by atoms with Crippen molar-refractivity contribution in [1.29, 1.82) is 0 Å². The van der Waals surface area contributed by atoms with Gasteiger partial charge in [-0.05, 0) is 12.8 Å². The molecule has 1 aliphatic carbocycles. The van der Waals surface area contributed by atoms with Gasteiger partial charge in [0.1, 0.15) is 5.60 Å². The number of likely N-dealkylation sites (tertiary alicyclic amines) is 1. The minimum atomic E-state index is -1.10. The smallest absolute Gasteiger partial charge is 0.319 e. The Balaban J connectivity index is 1.90. The summed E-state index contributed by atoms with van der Waals surface area (Å²) in [7, 11) is 4.60. The number of hydrogen-bond acceptors (Lipinski definition) is 7. The van der Waals surface area contributed by atoms with Gasteiger partial charge in [-0.1, -0.05) is 6.42 Å². The molecule has 3 rings (SSSR count). The van der Waals surface area contributed by atoms with E-state index in [1.165, 1.54) is 14.2 Å². The van der Waals surface area contributed by atoms with Crippen LogP contribution in [-0.4, -0.2) is 66.9 Å². The van der Waals surface area contributed by atoms with Crippen molar-refractivity contribution in [2.24, 2.45) is 11.8 Å². The highest BCUT2D eigenvalue weighted by Gasteiger charge is 2.54. The van der Waals surface area contributed by atoms with Gasteiger partial charge >= 0.3 is 6.01 Å². The topological polar surface area (TPSA) is 94.0 Å². The van der Waals surface area contributed by atoms with Crippen LogP contribution in [0.4, 0.5) is 0 Å². The molecule has 1 aromatic rings. The van der Waals surface area contributed by atoms with E-state index in [0.29, 0.717) is 37.6 Å². The van der Waals surface area contributed by atoms with Gasteiger partial charge in [-0.3, -0.25) is 4.79 Å². The number of amides is 1. The third kappa shape index (κ3) is 3.23. The van der Waals surface area contributed by atoms with Crippen molar-refractivity contribution in [3.8, 4) is 11.9 Å². The lowest BCUT2D eigenvalue weighted by atomic mass is 9.63. The number of carbonyl (C=O) groups is 1. The Morgan fingerprint density at radius 3 is 2.54 bits per heavy atom. The number of ether oxygens (including phenoxy) is 3.